The molecule has 3 heterocycles. The summed E-state index contributed by atoms with van der Waals surface area (Å²) in [6, 6.07) is 41.7. The molecule has 0 radical (unpaired) electrons. The van der Waals surface area contributed by atoms with Gasteiger partial charge in [0.1, 0.15) is 24.0 Å². The second-order valence-corrected chi connectivity index (χ2v) is 16.9. The fraction of sp³-hybridized carbons (Fsp3) is 0.327. The van der Waals surface area contributed by atoms with Crippen molar-refractivity contribution in [3.8, 4) is 11.5 Å². The Hall–Kier alpha value is -6.27. The highest BCUT2D eigenvalue weighted by Gasteiger charge is 2.28. The first-order chi connectivity index (χ1) is 30.8. The van der Waals surface area contributed by atoms with E-state index in [9.17, 15) is 24.6 Å². The minimum atomic E-state index is -0.822. The van der Waals surface area contributed by atoms with Crippen LogP contribution >= 0.6 is 0 Å². The maximum absolute atomic E-state index is 13.8. The van der Waals surface area contributed by atoms with Gasteiger partial charge in [-0.25, -0.2) is 0 Å². The first-order valence-electron chi connectivity index (χ1n) is 22.1. The normalized spacial score (nSPS) is 16.1. The molecule has 1 amide bonds. The SMILES string of the molecule is O=C(OCC1CCN(Cc2ccccc2)CC1)C(c1ccccc1)c1cccc(OCc2ccc(C(=O)N3CCC(CNC[C@H](O)c4ccc(O)c5[nH]c(=O)ccc45)CC3)cc2)c1. The van der Waals surface area contributed by atoms with E-state index in [0.29, 0.717) is 79.0 Å². The molecular formula is C52H56N4O7. The lowest BCUT2D eigenvalue weighted by atomic mass is 9.91. The molecule has 1 unspecified atom stereocenters. The number of ether oxygens (including phenoxy) is 2. The maximum Gasteiger partial charge on any atom is 0.317 e. The Balaban J connectivity index is 0.792. The first-order valence-corrected chi connectivity index (χ1v) is 22.1. The van der Waals surface area contributed by atoms with E-state index >= 15 is 0 Å². The highest BCUT2D eigenvalue weighted by atomic mass is 16.5. The van der Waals surface area contributed by atoms with Gasteiger partial charge in [0.05, 0.1) is 18.2 Å². The summed E-state index contributed by atoms with van der Waals surface area (Å²) in [7, 11) is 0. The first kappa shape index (κ1) is 43.4. The largest absolute Gasteiger partial charge is 0.506 e. The Kier molecular flexibility index (Phi) is 14.3. The summed E-state index contributed by atoms with van der Waals surface area (Å²) in [6.45, 7) is 5.95. The number of hydrogen-bond acceptors (Lipinski definition) is 9. The number of carbonyl (C=O) groups excluding carboxylic acids is 2. The van der Waals surface area contributed by atoms with Gasteiger partial charge in [-0.2, -0.15) is 0 Å². The maximum atomic E-state index is 13.8. The van der Waals surface area contributed by atoms with E-state index < -0.39 is 12.0 Å². The van der Waals surface area contributed by atoms with Crippen LogP contribution in [0.25, 0.3) is 10.9 Å². The number of nitrogens with one attached hydrogen (secondary N) is 2. The van der Waals surface area contributed by atoms with Crippen LogP contribution in [0.15, 0.2) is 138 Å². The number of piperidine rings is 2. The topological polar surface area (TPSA) is 144 Å². The van der Waals surface area contributed by atoms with Crippen molar-refractivity contribution in [3.63, 3.8) is 0 Å². The van der Waals surface area contributed by atoms with E-state index in [1.807, 2.05) is 89.8 Å². The zero-order valence-electron chi connectivity index (χ0n) is 35.5. The number of phenols is 1. The lowest BCUT2D eigenvalue weighted by Crippen LogP contribution is -2.41. The molecular weight excluding hydrogens is 793 g/mol. The van der Waals surface area contributed by atoms with Crippen LogP contribution in [0.5, 0.6) is 11.5 Å². The molecule has 63 heavy (non-hydrogen) atoms. The van der Waals surface area contributed by atoms with Crippen molar-refractivity contribution in [1.29, 1.82) is 0 Å². The Labute approximate surface area is 368 Å². The molecule has 4 N–H and O–H groups in total. The van der Waals surface area contributed by atoms with Gasteiger partial charge < -0.3 is 34.9 Å². The number of aliphatic hydroxyl groups excluding tert-OH is 1. The summed E-state index contributed by atoms with van der Waals surface area (Å²) in [5.41, 5.74) is 5.17. The van der Waals surface area contributed by atoms with Crippen molar-refractivity contribution in [1.82, 2.24) is 20.1 Å². The number of rotatable bonds is 16. The van der Waals surface area contributed by atoms with Crippen LogP contribution in [-0.2, 0) is 22.7 Å². The molecule has 8 rings (SSSR count). The monoisotopic (exact) mass is 848 g/mol. The van der Waals surface area contributed by atoms with E-state index in [2.05, 4.69) is 39.5 Å². The number of benzene rings is 5. The third-order valence-corrected chi connectivity index (χ3v) is 12.5. The average Bonchev–Trinajstić information content (AvgIpc) is 3.32. The number of pyridine rings is 1. The molecule has 6 aromatic rings. The zero-order chi connectivity index (χ0) is 43.5. The quantitative estimate of drug-likeness (QED) is 0.0725. The lowest BCUT2D eigenvalue weighted by molar-refractivity contribution is -0.146. The molecule has 5 aromatic carbocycles. The minimum Gasteiger partial charge on any atom is -0.506 e. The van der Waals surface area contributed by atoms with E-state index in [4.69, 9.17) is 9.47 Å². The van der Waals surface area contributed by atoms with Crippen LogP contribution in [-0.4, -0.2) is 82.7 Å². The number of esters is 1. The number of aromatic hydroxyl groups is 1. The summed E-state index contributed by atoms with van der Waals surface area (Å²) in [5.74, 6) is 0.455. The fourth-order valence-corrected chi connectivity index (χ4v) is 8.85. The fourth-order valence-electron chi connectivity index (χ4n) is 8.85. The van der Waals surface area contributed by atoms with Crippen molar-refractivity contribution in [2.24, 2.45) is 11.8 Å². The van der Waals surface area contributed by atoms with Gasteiger partial charge >= 0.3 is 5.97 Å². The molecule has 11 nitrogen and oxygen atoms in total. The van der Waals surface area contributed by atoms with Gasteiger partial charge in [0.25, 0.3) is 5.91 Å². The minimum absolute atomic E-state index is 0.00149. The molecule has 11 heteroatoms. The molecule has 326 valence electrons. The molecule has 2 aliphatic heterocycles. The lowest BCUT2D eigenvalue weighted by Gasteiger charge is -2.32. The number of aromatic amines is 1. The van der Waals surface area contributed by atoms with Gasteiger partial charge in [0, 0.05) is 43.2 Å². The number of likely N-dealkylation sites (tertiary alicyclic amines) is 2. The summed E-state index contributed by atoms with van der Waals surface area (Å²) >= 11 is 0. The third kappa shape index (κ3) is 11.2. The van der Waals surface area contributed by atoms with Crippen LogP contribution in [0.3, 0.4) is 0 Å². The Bertz CT molecular complexity index is 2500. The van der Waals surface area contributed by atoms with Crippen molar-refractivity contribution in [3.05, 3.63) is 177 Å². The number of amides is 1. The average molecular weight is 849 g/mol. The highest BCUT2D eigenvalue weighted by Crippen LogP contribution is 2.31. The van der Waals surface area contributed by atoms with E-state index in [-0.39, 0.29) is 23.2 Å². The molecule has 0 saturated carbocycles. The summed E-state index contributed by atoms with van der Waals surface area (Å²) in [4.78, 5) is 46.1. The van der Waals surface area contributed by atoms with Crippen LogP contribution in [0.2, 0.25) is 0 Å². The van der Waals surface area contributed by atoms with Crippen molar-refractivity contribution in [2.45, 2.75) is 50.9 Å². The number of aliphatic hydroxyl groups is 1. The number of aromatic nitrogens is 1. The van der Waals surface area contributed by atoms with Crippen LogP contribution < -0.4 is 15.6 Å². The highest BCUT2D eigenvalue weighted by molar-refractivity contribution is 5.94. The van der Waals surface area contributed by atoms with Gasteiger partial charge in [-0.15, -0.1) is 0 Å². The predicted octanol–water partition coefficient (Wildman–Crippen LogP) is 7.58. The van der Waals surface area contributed by atoms with Crippen LogP contribution in [0.1, 0.15) is 75.9 Å². The molecule has 2 saturated heterocycles. The number of H-pyrrole nitrogens is 1. The number of carbonyl (C=O) groups is 2. The standard InChI is InChI=1S/C52H56N4O7/c57-46-20-18-44(45-19-21-48(59)54-50(45)46)47(58)32-53-31-36-24-28-56(29-25-36)51(60)41-16-14-38(15-17-41)34-62-43-13-7-12-42(30-43)49(40-10-5-2-6-11-40)52(61)63-35-39-22-26-55(27-23-39)33-37-8-3-1-4-9-37/h1-21,30,36,39,47,49,53,57-58H,22-29,31-35H2,(H,54,59)/t47-,49?/m0/s1. The smallest absolute Gasteiger partial charge is 0.317 e. The number of nitrogens with zero attached hydrogens (tertiary/aromatic N) is 2. The summed E-state index contributed by atoms with van der Waals surface area (Å²) in [6.07, 6.45) is 2.87. The third-order valence-electron chi connectivity index (χ3n) is 12.5. The molecule has 2 aliphatic rings. The van der Waals surface area contributed by atoms with Gasteiger partial charge in [-0.05, 0) is 121 Å². The molecule has 2 atom stereocenters. The predicted molar refractivity (Wildman–Crippen MR) is 244 cm³/mol. The van der Waals surface area contributed by atoms with E-state index in [0.717, 1.165) is 62.0 Å². The van der Waals surface area contributed by atoms with Crippen molar-refractivity contribution in [2.75, 3.05) is 45.9 Å². The van der Waals surface area contributed by atoms with Crippen LogP contribution in [0, 0.1) is 11.8 Å². The zero-order valence-corrected chi connectivity index (χ0v) is 35.5. The van der Waals surface area contributed by atoms with Gasteiger partial charge in [0.2, 0.25) is 5.56 Å². The van der Waals surface area contributed by atoms with Crippen LogP contribution in [0.4, 0.5) is 0 Å². The summed E-state index contributed by atoms with van der Waals surface area (Å²) in [5, 5.41) is 25.1. The molecule has 0 aliphatic carbocycles. The van der Waals surface area contributed by atoms with Crippen molar-refractivity contribution >= 4 is 22.8 Å². The van der Waals surface area contributed by atoms with Gasteiger partial charge in [0.15, 0.2) is 0 Å². The Morgan fingerprint density at radius 2 is 1.44 bits per heavy atom. The molecule has 2 fully saturated rings. The van der Waals surface area contributed by atoms with E-state index in [1.165, 1.54) is 17.7 Å². The van der Waals surface area contributed by atoms with Crippen molar-refractivity contribution < 1.29 is 29.3 Å². The summed E-state index contributed by atoms with van der Waals surface area (Å²) < 4.78 is 12.3. The number of phenolic OH excluding ortho intramolecular Hbond substituents is 1. The number of fused-ring (bicyclic) bond motifs is 1. The molecule has 0 spiro atoms. The Morgan fingerprint density at radius 1 is 0.746 bits per heavy atom. The Morgan fingerprint density at radius 3 is 2.19 bits per heavy atom. The molecule has 1 aromatic heterocycles. The molecule has 0 bridgehead atoms. The second-order valence-electron chi connectivity index (χ2n) is 16.9. The van der Waals surface area contributed by atoms with E-state index in [1.54, 1.807) is 12.1 Å². The second kappa shape index (κ2) is 20.7. The van der Waals surface area contributed by atoms with Gasteiger partial charge in [-0.3, -0.25) is 19.3 Å². The van der Waals surface area contributed by atoms with Gasteiger partial charge in [-0.1, -0.05) is 91.0 Å². The number of hydrogen-bond donors (Lipinski definition) is 4.